The van der Waals surface area contributed by atoms with Gasteiger partial charge >= 0.3 is 0 Å². The van der Waals surface area contributed by atoms with Crippen molar-refractivity contribution < 1.29 is 15.3 Å². The Morgan fingerprint density at radius 2 is 1.79 bits per heavy atom. The van der Waals surface area contributed by atoms with E-state index < -0.39 is 17.3 Å². The topological polar surface area (TPSA) is 111 Å². The Hall–Kier alpha value is -1.11. The molecule has 0 aromatic rings. The molecule has 166 valence electrons. The summed E-state index contributed by atoms with van der Waals surface area (Å²) >= 11 is 0. The van der Waals surface area contributed by atoms with Crippen LogP contribution in [0, 0.1) is 23.7 Å². The molecule has 0 radical (unpaired) electrons. The van der Waals surface area contributed by atoms with Crippen LogP contribution in [0.25, 0.3) is 0 Å². The molecule has 3 saturated carbocycles. The van der Waals surface area contributed by atoms with Crippen LogP contribution in [0.15, 0.2) is 17.1 Å². The van der Waals surface area contributed by atoms with E-state index in [-0.39, 0.29) is 11.8 Å². The molecule has 0 aromatic carbocycles. The third-order valence-electron chi connectivity index (χ3n) is 8.24. The van der Waals surface area contributed by atoms with Gasteiger partial charge in [-0.25, -0.2) is 0 Å². The highest BCUT2D eigenvalue weighted by molar-refractivity contribution is 5.77. The predicted molar refractivity (Wildman–Crippen MR) is 116 cm³/mol. The molecule has 3 aliphatic carbocycles. The largest absolute Gasteiger partial charge is 0.390 e. The number of hydrogen-bond donors (Lipinski definition) is 5. The van der Waals surface area contributed by atoms with E-state index in [4.69, 9.17) is 5.73 Å². The molecular weight excluding hydrogens is 366 g/mol. The zero-order valence-corrected chi connectivity index (χ0v) is 18.2. The van der Waals surface area contributed by atoms with E-state index in [0.29, 0.717) is 43.6 Å². The van der Waals surface area contributed by atoms with Crippen molar-refractivity contribution >= 4 is 5.96 Å². The number of aliphatic imine (C=N–C) groups is 1. The molecule has 3 fully saturated rings. The van der Waals surface area contributed by atoms with Gasteiger partial charge in [0.05, 0.1) is 17.3 Å². The standard InChI is InChI=1S/C23H41N3O3/c1-15(16-7-5-4-6-8-16)17-9-10-22(2,28)18-14-20(27)23(29,19(18)13-17)11-12-26-21(24)25-3/h16-20,27-29H,1,4-14H2,2-3H3,(H3,24,25,26)/t17-,18-,19-,20-,22+,23+/m0/s1. The van der Waals surface area contributed by atoms with E-state index in [1.807, 2.05) is 6.92 Å². The van der Waals surface area contributed by atoms with Gasteiger partial charge < -0.3 is 26.4 Å². The van der Waals surface area contributed by atoms with Gasteiger partial charge in [-0.1, -0.05) is 31.4 Å². The summed E-state index contributed by atoms with van der Waals surface area (Å²) in [6.07, 6.45) is 8.67. The maximum absolute atomic E-state index is 11.6. The van der Waals surface area contributed by atoms with Gasteiger partial charge in [0, 0.05) is 13.6 Å². The van der Waals surface area contributed by atoms with Crippen molar-refractivity contribution in [1.29, 1.82) is 0 Å². The van der Waals surface area contributed by atoms with Crippen LogP contribution in [0.2, 0.25) is 0 Å². The predicted octanol–water partition coefficient (Wildman–Crippen LogP) is 2.33. The van der Waals surface area contributed by atoms with Crippen molar-refractivity contribution in [3.63, 3.8) is 0 Å². The molecule has 3 rings (SSSR count). The second-order valence-corrected chi connectivity index (χ2v) is 9.98. The summed E-state index contributed by atoms with van der Waals surface area (Å²) in [5, 5.41) is 36.7. The Labute approximate surface area is 175 Å². The zero-order valence-electron chi connectivity index (χ0n) is 18.2. The minimum Gasteiger partial charge on any atom is -0.390 e. The third kappa shape index (κ3) is 4.64. The van der Waals surface area contributed by atoms with Gasteiger partial charge in [0.15, 0.2) is 5.96 Å². The number of aliphatic hydroxyl groups is 3. The van der Waals surface area contributed by atoms with Crippen LogP contribution in [0.5, 0.6) is 0 Å². The average molecular weight is 408 g/mol. The SMILES string of the molecule is C=C(C1CCCCC1)[C@H]1CC[C@@](C)(O)[C@H]2C[C@H](O)[C@@](O)(CCNC(N)=NC)[C@H]2C1. The third-order valence-corrected chi connectivity index (χ3v) is 8.24. The van der Waals surface area contributed by atoms with Gasteiger partial charge in [0.1, 0.15) is 0 Å². The molecule has 29 heavy (non-hydrogen) atoms. The molecule has 0 spiro atoms. The fraction of sp³-hybridized carbons (Fsp3) is 0.870. The molecular formula is C23H41N3O3. The van der Waals surface area contributed by atoms with Crippen molar-refractivity contribution in [2.75, 3.05) is 13.6 Å². The molecule has 0 unspecified atom stereocenters. The van der Waals surface area contributed by atoms with Crippen LogP contribution in [-0.2, 0) is 0 Å². The quantitative estimate of drug-likeness (QED) is 0.273. The number of fused-ring (bicyclic) bond motifs is 1. The number of guanidine groups is 1. The average Bonchev–Trinajstić information content (AvgIpc) is 2.87. The van der Waals surface area contributed by atoms with Crippen molar-refractivity contribution in [3.8, 4) is 0 Å². The van der Waals surface area contributed by atoms with Gasteiger partial charge in [-0.15, -0.1) is 0 Å². The lowest BCUT2D eigenvalue weighted by molar-refractivity contribution is -0.0998. The normalized spacial score (nSPS) is 41.6. The monoisotopic (exact) mass is 407 g/mol. The van der Waals surface area contributed by atoms with Crippen LogP contribution >= 0.6 is 0 Å². The van der Waals surface area contributed by atoms with Crippen LogP contribution in [0.4, 0.5) is 0 Å². The summed E-state index contributed by atoms with van der Waals surface area (Å²) in [5.41, 5.74) is 4.92. The van der Waals surface area contributed by atoms with Crippen LogP contribution in [0.1, 0.15) is 71.1 Å². The second-order valence-electron chi connectivity index (χ2n) is 9.98. The fourth-order valence-electron chi connectivity index (χ4n) is 6.30. The lowest BCUT2D eigenvalue weighted by Gasteiger charge is -2.38. The molecule has 3 aliphatic rings. The molecule has 6 heteroatoms. The van der Waals surface area contributed by atoms with Gasteiger partial charge in [-0.05, 0) is 75.5 Å². The number of nitrogens with two attached hydrogens (primary N) is 1. The molecule has 0 bridgehead atoms. The van der Waals surface area contributed by atoms with E-state index >= 15 is 0 Å². The molecule has 6 N–H and O–H groups in total. The van der Waals surface area contributed by atoms with Gasteiger partial charge in [0.25, 0.3) is 0 Å². The second kappa shape index (κ2) is 8.94. The molecule has 6 nitrogen and oxygen atoms in total. The van der Waals surface area contributed by atoms with Crippen LogP contribution in [0.3, 0.4) is 0 Å². The molecule has 6 atom stereocenters. The Morgan fingerprint density at radius 3 is 2.45 bits per heavy atom. The van der Waals surface area contributed by atoms with Gasteiger partial charge in [-0.2, -0.15) is 0 Å². The minimum atomic E-state index is -1.23. The Bertz CT molecular complexity index is 614. The van der Waals surface area contributed by atoms with E-state index in [1.165, 1.54) is 37.7 Å². The lowest BCUT2D eigenvalue weighted by Crippen LogP contribution is -2.48. The van der Waals surface area contributed by atoms with E-state index in [2.05, 4.69) is 16.9 Å². The minimum absolute atomic E-state index is 0.108. The van der Waals surface area contributed by atoms with Crippen LogP contribution < -0.4 is 11.1 Å². The summed E-state index contributed by atoms with van der Waals surface area (Å²) in [6, 6.07) is 0. The number of aliphatic hydroxyl groups excluding tert-OH is 1. The van der Waals surface area contributed by atoms with Crippen molar-refractivity contribution in [2.45, 2.75) is 88.4 Å². The molecule has 0 heterocycles. The van der Waals surface area contributed by atoms with Gasteiger partial charge in [0.2, 0.25) is 0 Å². The summed E-state index contributed by atoms with van der Waals surface area (Å²) < 4.78 is 0. The number of rotatable bonds is 5. The van der Waals surface area contributed by atoms with Gasteiger partial charge in [-0.3, -0.25) is 4.99 Å². The number of nitrogens with one attached hydrogen (secondary N) is 1. The summed E-state index contributed by atoms with van der Waals surface area (Å²) in [7, 11) is 1.61. The summed E-state index contributed by atoms with van der Waals surface area (Å²) in [5.74, 6) is 0.934. The zero-order chi connectivity index (χ0) is 21.2. The molecule has 0 aliphatic heterocycles. The lowest BCUT2D eigenvalue weighted by atomic mass is 9.71. The smallest absolute Gasteiger partial charge is 0.188 e. The highest BCUT2D eigenvalue weighted by atomic mass is 16.3. The maximum Gasteiger partial charge on any atom is 0.188 e. The number of nitrogens with zero attached hydrogens (tertiary/aromatic N) is 1. The first-order valence-electron chi connectivity index (χ1n) is 11.5. The first-order valence-corrected chi connectivity index (χ1v) is 11.5. The number of allylic oxidation sites excluding steroid dienone is 1. The van der Waals surface area contributed by atoms with E-state index in [9.17, 15) is 15.3 Å². The van der Waals surface area contributed by atoms with Crippen molar-refractivity contribution in [1.82, 2.24) is 5.32 Å². The highest BCUT2D eigenvalue weighted by Crippen LogP contribution is 2.55. The fourth-order valence-corrected chi connectivity index (χ4v) is 6.30. The van der Waals surface area contributed by atoms with E-state index in [1.54, 1.807) is 7.05 Å². The molecule has 0 amide bonds. The maximum atomic E-state index is 11.6. The summed E-state index contributed by atoms with van der Waals surface area (Å²) in [4.78, 5) is 3.89. The van der Waals surface area contributed by atoms with Crippen molar-refractivity contribution in [3.05, 3.63) is 12.2 Å². The molecule has 0 saturated heterocycles. The van der Waals surface area contributed by atoms with E-state index in [0.717, 1.165) is 12.8 Å². The number of hydrogen-bond acceptors (Lipinski definition) is 4. The summed E-state index contributed by atoms with van der Waals surface area (Å²) in [6.45, 7) is 6.82. The first-order chi connectivity index (χ1) is 13.7. The van der Waals surface area contributed by atoms with Crippen LogP contribution in [-0.4, -0.2) is 52.2 Å². The Balaban J connectivity index is 1.79. The Morgan fingerprint density at radius 1 is 1.10 bits per heavy atom. The Kier molecular flexibility index (Phi) is 6.96. The molecule has 0 aromatic heterocycles. The van der Waals surface area contributed by atoms with Crippen molar-refractivity contribution in [2.24, 2.45) is 34.4 Å². The highest BCUT2D eigenvalue weighted by Gasteiger charge is 2.59. The first kappa shape index (κ1) is 22.6.